The summed E-state index contributed by atoms with van der Waals surface area (Å²) in [6.07, 6.45) is 0. The molecule has 0 aromatic heterocycles. The van der Waals surface area contributed by atoms with Crippen molar-refractivity contribution in [1.82, 2.24) is 0 Å². The average Bonchev–Trinajstić information content (AvgIpc) is 2.32. The molecule has 1 rings (SSSR count). The van der Waals surface area contributed by atoms with Crippen LogP contribution in [0.2, 0.25) is 0 Å². The lowest BCUT2D eigenvalue weighted by Crippen LogP contribution is -2.14. The van der Waals surface area contributed by atoms with E-state index >= 15 is 0 Å². The Balaban J connectivity index is 3.28. The van der Waals surface area contributed by atoms with Gasteiger partial charge in [-0.25, -0.2) is 0 Å². The van der Waals surface area contributed by atoms with Gasteiger partial charge >= 0.3 is 0 Å². The van der Waals surface area contributed by atoms with E-state index in [1.54, 1.807) is 6.07 Å². The summed E-state index contributed by atoms with van der Waals surface area (Å²) < 4.78 is 0. The molecule has 0 unspecified atom stereocenters. The topological polar surface area (TPSA) is 83.6 Å². The number of aliphatic hydroxyl groups is 2. The number of hydrogen-bond donors (Lipinski definition) is 2. The Hall–Kier alpha value is -2.34. The molecule has 0 fully saturated rings. The molecular weight excluding hydrogens is 270 g/mol. The van der Waals surface area contributed by atoms with E-state index < -0.39 is 16.1 Å². The maximum absolute atomic E-state index is 11.1. The number of nitrogens with zero attached hydrogens (tertiary/aromatic N) is 1. The maximum Gasteiger partial charge on any atom is 0.286 e. The van der Waals surface area contributed by atoms with Crippen LogP contribution < -0.4 is 0 Å². The molecule has 0 saturated heterocycles. The monoisotopic (exact) mass is 287 g/mol. The molecule has 1 aromatic rings. The third kappa shape index (κ3) is 6.09. The molecule has 0 bridgehead atoms. The lowest BCUT2D eigenvalue weighted by Gasteiger charge is -2.06. The predicted molar refractivity (Wildman–Crippen MR) is 79.4 cm³/mol. The molecule has 5 nitrogen and oxygen atoms in total. The number of hydrogen-bond acceptors (Lipinski definition) is 4. The zero-order chi connectivity index (χ0) is 16.3. The van der Waals surface area contributed by atoms with E-state index in [4.69, 9.17) is 0 Å². The minimum atomic E-state index is -1.23. The first-order chi connectivity index (χ1) is 9.48. The van der Waals surface area contributed by atoms with Crippen LogP contribution in [0.25, 0.3) is 0 Å². The van der Waals surface area contributed by atoms with Crippen molar-refractivity contribution in [3.05, 3.63) is 39.4 Å². The van der Waals surface area contributed by atoms with Gasteiger partial charge in [0.05, 0.1) is 4.92 Å². The maximum atomic E-state index is 11.1. The van der Waals surface area contributed by atoms with Gasteiger partial charge in [-0.05, 0) is 39.8 Å². The van der Waals surface area contributed by atoms with Crippen molar-refractivity contribution in [2.45, 2.75) is 38.9 Å². The fourth-order valence-corrected chi connectivity index (χ4v) is 1.31. The number of benzene rings is 1. The van der Waals surface area contributed by atoms with Gasteiger partial charge in [-0.15, -0.1) is 0 Å². The molecule has 0 atom stereocenters. The van der Waals surface area contributed by atoms with Gasteiger partial charge in [0.1, 0.15) is 16.8 Å². The molecule has 0 aliphatic rings. The zero-order valence-electron chi connectivity index (χ0n) is 12.4. The summed E-state index contributed by atoms with van der Waals surface area (Å²) in [5.41, 5.74) is -1.97. The molecule has 0 spiro atoms. The smallest absolute Gasteiger partial charge is 0.286 e. The predicted octanol–water partition coefficient (Wildman–Crippen LogP) is 1.84. The van der Waals surface area contributed by atoms with Crippen molar-refractivity contribution in [2.24, 2.45) is 0 Å². The van der Waals surface area contributed by atoms with Crippen molar-refractivity contribution in [1.29, 1.82) is 0 Å². The Morgan fingerprint density at radius 3 is 2.05 bits per heavy atom. The van der Waals surface area contributed by atoms with Gasteiger partial charge in [0.25, 0.3) is 5.69 Å². The standard InChI is InChI=1S/C16H17NO4/c1-15(2,18)9-7-12-5-6-13(8-10-16(3,4)19)14(11-12)17(20)21/h5-6,11,18-19H,1-4H3. The van der Waals surface area contributed by atoms with Gasteiger partial charge in [0.15, 0.2) is 0 Å². The summed E-state index contributed by atoms with van der Waals surface area (Å²) in [4.78, 5) is 10.5. The van der Waals surface area contributed by atoms with Gasteiger partial charge in [-0.1, -0.05) is 23.7 Å². The second-order valence-electron chi connectivity index (χ2n) is 5.61. The number of nitro groups is 1. The van der Waals surface area contributed by atoms with Crippen molar-refractivity contribution in [3.8, 4) is 23.7 Å². The van der Waals surface area contributed by atoms with Gasteiger partial charge < -0.3 is 10.2 Å². The summed E-state index contributed by atoms with van der Waals surface area (Å²) in [6, 6.07) is 4.36. The summed E-state index contributed by atoms with van der Waals surface area (Å²) in [5.74, 6) is 10.4. The van der Waals surface area contributed by atoms with Crippen LogP contribution in [0.15, 0.2) is 18.2 Å². The summed E-state index contributed by atoms with van der Waals surface area (Å²) in [5, 5.41) is 30.1. The van der Waals surface area contributed by atoms with Gasteiger partial charge in [0.2, 0.25) is 0 Å². The van der Waals surface area contributed by atoms with Crippen LogP contribution in [0.5, 0.6) is 0 Å². The van der Waals surface area contributed by atoms with E-state index in [9.17, 15) is 20.3 Å². The van der Waals surface area contributed by atoms with Crippen LogP contribution in [0.1, 0.15) is 38.8 Å². The van der Waals surface area contributed by atoms with Crippen LogP contribution in [0.4, 0.5) is 5.69 Å². The Morgan fingerprint density at radius 1 is 1.05 bits per heavy atom. The van der Waals surface area contributed by atoms with E-state index in [0.717, 1.165) is 0 Å². The third-order valence-corrected chi connectivity index (χ3v) is 2.21. The molecule has 0 aliphatic carbocycles. The molecule has 0 radical (unpaired) electrons. The fourth-order valence-electron chi connectivity index (χ4n) is 1.31. The molecule has 0 aliphatic heterocycles. The van der Waals surface area contributed by atoms with Crippen LogP contribution in [-0.4, -0.2) is 26.3 Å². The Morgan fingerprint density at radius 2 is 1.57 bits per heavy atom. The van der Waals surface area contributed by atoms with Crippen molar-refractivity contribution >= 4 is 5.69 Å². The molecular formula is C16H17NO4. The van der Waals surface area contributed by atoms with Crippen LogP contribution in [0.3, 0.4) is 0 Å². The molecule has 21 heavy (non-hydrogen) atoms. The number of rotatable bonds is 1. The summed E-state index contributed by atoms with van der Waals surface area (Å²) >= 11 is 0. The van der Waals surface area contributed by atoms with Crippen molar-refractivity contribution in [3.63, 3.8) is 0 Å². The van der Waals surface area contributed by atoms with Crippen molar-refractivity contribution < 1.29 is 15.1 Å². The summed E-state index contributed by atoms with van der Waals surface area (Å²) in [6.45, 7) is 6.04. The van der Waals surface area contributed by atoms with Gasteiger partial charge in [-0.3, -0.25) is 10.1 Å². The zero-order valence-corrected chi connectivity index (χ0v) is 12.4. The minimum absolute atomic E-state index is 0.186. The highest BCUT2D eigenvalue weighted by molar-refractivity contribution is 5.56. The largest absolute Gasteiger partial charge is 0.378 e. The second-order valence-corrected chi connectivity index (χ2v) is 5.61. The van der Waals surface area contributed by atoms with Crippen LogP contribution in [0, 0.1) is 33.8 Å². The molecule has 0 heterocycles. The van der Waals surface area contributed by atoms with E-state index in [1.165, 1.54) is 39.8 Å². The van der Waals surface area contributed by atoms with E-state index in [-0.39, 0.29) is 11.3 Å². The third-order valence-electron chi connectivity index (χ3n) is 2.21. The van der Waals surface area contributed by atoms with Gasteiger partial charge in [-0.2, -0.15) is 0 Å². The normalized spacial score (nSPS) is 11.0. The molecule has 5 heteroatoms. The van der Waals surface area contributed by atoms with E-state index in [1.807, 2.05) is 0 Å². The van der Waals surface area contributed by atoms with E-state index in [2.05, 4.69) is 23.7 Å². The first kappa shape index (κ1) is 16.7. The highest BCUT2D eigenvalue weighted by Gasteiger charge is 2.14. The summed E-state index contributed by atoms with van der Waals surface area (Å²) in [7, 11) is 0. The molecule has 2 N–H and O–H groups in total. The molecule has 1 aromatic carbocycles. The molecule has 0 amide bonds. The first-order valence-corrected chi connectivity index (χ1v) is 6.27. The highest BCUT2D eigenvalue weighted by atomic mass is 16.6. The molecule has 110 valence electrons. The lowest BCUT2D eigenvalue weighted by molar-refractivity contribution is -0.385. The Bertz CT molecular complexity index is 671. The van der Waals surface area contributed by atoms with Crippen LogP contribution >= 0.6 is 0 Å². The fraction of sp³-hybridized carbons (Fsp3) is 0.375. The quantitative estimate of drug-likeness (QED) is 0.469. The van der Waals surface area contributed by atoms with Gasteiger partial charge in [0, 0.05) is 11.6 Å². The minimum Gasteiger partial charge on any atom is -0.378 e. The Labute approximate surface area is 123 Å². The first-order valence-electron chi connectivity index (χ1n) is 6.27. The SMILES string of the molecule is CC(C)(O)C#Cc1ccc(C#CC(C)(C)O)c([N+](=O)[O-])c1. The second kappa shape index (κ2) is 5.97. The number of nitro benzene ring substituents is 1. The molecule has 0 saturated carbocycles. The lowest BCUT2D eigenvalue weighted by atomic mass is 10.1. The van der Waals surface area contributed by atoms with E-state index in [0.29, 0.717) is 5.56 Å². The highest BCUT2D eigenvalue weighted by Crippen LogP contribution is 2.19. The Kier molecular flexibility index (Phi) is 4.75. The van der Waals surface area contributed by atoms with Crippen molar-refractivity contribution in [2.75, 3.05) is 0 Å². The average molecular weight is 287 g/mol. The van der Waals surface area contributed by atoms with Crippen LogP contribution in [-0.2, 0) is 0 Å².